The summed E-state index contributed by atoms with van der Waals surface area (Å²) in [5, 5.41) is 17.6. The van der Waals surface area contributed by atoms with Crippen molar-refractivity contribution in [2.45, 2.75) is 12.8 Å². The Labute approximate surface area is 178 Å². The highest BCUT2D eigenvalue weighted by molar-refractivity contribution is 5.97. The lowest BCUT2D eigenvalue weighted by Gasteiger charge is -2.03. The molecule has 3 N–H and O–H groups in total. The standard InChI is InChI=1S/C23H21N5O3/c1-30-19-11-5-7-15-13-20(31-21(15)19)23(29)26-12-6-10-18-17(14-24)22(25)28(27-18)16-8-3-2-4-9-16/h2-5,7-9,11,13H,6,10,12,25H2,1H3,(H,26,29). The van der Waals surface area contributed by atoms with E-state index in [0.717, 1.165) is 11.1 Å². The van der Waals surface area contributed by atoms with Crippen LogP contribution in [0, 0.1) is 11.3 Å². The maximum Gasteiger partial charge on any atom is 0.287 e. The van der Waals surface area contributed by atoms with Crippen molar-refractivity contribution in [2.24, 2.45) is 0 Å². The number of rotatable bonds is 7. The van der Waals surface area contributed by atoms with Crippen LogP contribution in [0.2, 0.25) is 0 Å². The molecule has 0 fully saturated rings. The van der Waals surface area contributed by atoms with E-state index in [4.69, 9.17) is 14.9 Å². The number of furan rings is 1. The van der Waals surface area contributed by atoms with Crippen molar-refractivity contribution in [3.05, 3.63) is 71.6 Å². The molecule has 156 valence electrons. The van der Waals surface area contributed by atoms with E-state index in [1.165, 1.54) is 0 Å². The number of carbonyl (C=O) groups excluding carboxylic acids is 1. The summed E-state index contributed by atoms with van der Waals surface area (Å²) in [5.74, 6) is 0.791. The van der Waals surface area contributed by atoms with Gasteiger partial charge in [-0.2, -0.15) is 10.4 Å². The number of nitrogen functional groups attached to an aromatic ring is 1. The van der Waals surface area contributed by atoms with Gasteiger partial charge in [-0.1, -0.05) is 30.3 Å². The fourth-order valence-corrected chi connectivity index (χ4v) is 3.39. The first-order valence-corrected chi connectivity index (χ1v) is 9.80. The van der Waals surface area contributed by atoms with Crippen LogP contribution in [0.4, 0.5) is 5.82 Å². The highest BCUT2D eigenvalue weighted by Gasteiger charge is 2.17. The van der Waals surface area contributed by atoms with Crippen LogP contribution in [0.1, 0.15) is 28.2 Å². The number of aryl methyl sites for hydroxylation is 1. The van der Waals surface area contributed by atoms with Gasteiger partial charge in [0.15, 0.2) is 17.1 Å². The average molecular weight is 415 g/mol. The number of methoxy groups -OCH3 is 1. The minimum Gasteiger partial charge on any atom is -0.493 e. The van der Waals surface area contributed by atoms with Crippen LogP contribution in [-0.2, 0) is 6.42 Å². The molecule has 2 aromatic heterocycles. The van der Waals surface area contributed by atoms with E-state index in [0.29, 0.717) is 47.8 Å². The number of ether oxygens (including phenoxy) is 1. The number of hydrogen-bond donors (Lipinski definition) is 2. The Morgan fingerprint density at radius 3 is 2.81 bits per heavy atom. The van der Waals surface area contributed by atoms with Crippen LogP contribution in [0.5, 0.6) is 5.75 Å². The van der Waals surface area contributed by atoms with Crippen molar-refractivity contribution >= 4 is 22.7 Å². The monoisotopic (exact) mass is 415 g/mol. The number of hydrogen-bond acceptors (Lipinski definition) is 6. The number of nitrogens with zero attached hydrogens (tertiary/aromatic N) is 3. The van der Waals surface area contributed by atoms with Gasteiger partial charge in [0.2, 0.25) is 0 Å². The van der Waals surface area contributed by atoms with Crippen LogP contribution in [0.3, 0.4) is 0 Å². The third-order valence-corrected chi connectivity index (χ3v) is 4.93. The smallest absolute Gasteiger partial charge is 0.287 e. The molecule has 0 saturated heterocycles. The summed E-state index contributed by atoms with van der Waals surface area (Å²) < 4.78 is 12.5. The molecular weight excluding hydrogens is 394 g/mol. The number of nitrogens with two attached hydrogens (primary N) is 1. The van der Waals surface area contributed by atoms with E-state index in [9.17, 15) is 10.1 Å². The number of aromatic nitrogens is 2. The van der Waals surface area contributed by atoms with Gasteiger partial charge < -0.3 is 20.2 Å². The summed E-state index contributed by atoms with van der Waals surface area (Å²) >= 11 is 0. The second-order valence-corrected chi connectivity index (χ2v) is 6.91. The lowest BCUT2D eigenvalue weighted by molar-refractivity contribution is 0.0927. The van der Waals surface area contributed by atoms with Gasteiger partial charge in [-0.05, 0) is 37.1 Å². The SMILES string of the molecule is COc1cccc2cc(C(=O)NCCCc3nn(-c4ccccc4)c(N)c3C#N)oc12. The van der Waals surface area contributed by atoms with Crippen molar-refractivity contribution in [1.82, 2.24) is 15.1 Å². The quantitative estimate of drug-likeness (QED) is 0.446. The van der Waals surface area contributed by atoms with Gasteiger partial charge in [0, 0.05) is 11.9 Å². The molecule has 0 spiro atoms. The van der Waals surface area contributed by atoms with Crippen LogP contribution in [0.25, 0.3) is 16.7 Å². The van der Waals surface area contributed by atoms with E-state index < -0.39 is 0 Å². The molecule has 0 atom stereocenters. The minimum absolute atomic E-state index is 0.217. The van der Waals surface area contributed by atoms with Gasteiger partial charge >= 0.3 is 0 Å². The summed E-state index contributed by atoms with van der Waals surface area (Å²) in [6, 6.07) is 18.7. The second-order valence-electron chi connectivity index (χ2n) is 6.91. The van der Waals surface area contributed by atoms with Crippen molar-refractivity contribution < 1.29 is 13.9 Å². The zero-order valence-electron chi connectivity index (χ0n) is 17.0. The summed E-state index contributed by atoms with van der Waals surface area (Å²) in [6.07, 6.45) is 1.09. The minimum atomic E-state index is -0.312. The van der Waals surface area contributed by atoms with Gasteiger partial charge in [-0.15, -0.1) is 0 Å². The number of carbonyl (C=O) groups is 1. The fraction of sp³-hybridized carbons (Fsp3) is 0.174. The average Bonchev–Trinajstić information content (AvgIpc) is 3.38. The second kappa shape index (κ2) is 8.63. The molecule has 1 amide bonds. The molecule has 0 aliphatic carbocycles. The molecule has 0 unspecified atom stereocenters. The maximum absolute atomic E-state index is 12.5. The Morgan fingerprint density at radius 1 is 1.26 bits per heavy atom. The van der Waals surface area contributed by atoms with Crippen molar-refractivity contribution in [3.8, 4) is 17.5 Å². The predicted molar refractivity (Wildman–Crippen MR) is 116 cm³/mol. The highest BCUT2D eigenvalue weighted by atomic mass is 16.5. The first-order valence-electron chi connectivity index (χ1n) is 9.80. The molecule has 4 aromatic rings. The number of para-hydroxylation sites is 2. The van der Waals surface area contributed by atoms with E-state index in [-0.39, 0.29) is 11.7 Å². The van der Waals surface area contributed by atoms with E-state index in [1.807, 2.05) is 42.5 Å². The third-order valence-electron chi connectivity index (χ3n) is 4.93. The van der Waals surface area contributed by atoms with Gasteiger partial charge in [-0.25, -0.2) is 4.68 Å². The normalized spacial score (nSPS) is 10.7. The van der Waals surface area contributed by atoms with Crippen LogP contribution < -0.4 is 15.8 Å². The van der Waals surface area contributed by atoms with Crippen LogP contribution in [0.15, 0.2) is 59.0 Å². The summed E-state index contributed by atoms with van der Waals surface area (Å²) in [6.45, 7) is 0.399. The third kappa shape index (κ3) is 3.94. The summed E-state index contributed by atoms with van der Waals surface area (Å²) in [7, 11) is 1.55. The van der Waals surface area contributed by atoms with Gasteiger partial charge in [0.05, 0.1) is 18.5 Å². The van der Waals surface area contributed by atoms with Crippen LogP contribution >= 0.6 is 0 Å². The summed E-state index contributed by atoms with van der Waals surface area (Å²) in [4.78, 5) is 12.5. The molecule has 2 aromatic carbocycles. The topological polar surface area (TPSA) is 119 Å². The number of nitriles is 1. The largest absolute Gasteiger partial charge is 0.493 e. The first kappa shape index (κ1) is 20.0. The molecule has 0 aliphatic heterocycles. The first-order chi connectivity index (χ1) is 15.1. The Balaban J connectivity index is 1.40. The lowest BCUT2D eigenvalue weighted by atomic mass is 10.1. The van der Waals surface area contributed by atoms with E-state index in [1.54, 1.807) is 23.9 Å². The molecule has 8 heteroatoms. The number of anilines is 1. The zero-order chi connectivity index (χ0) is 21.8. The molecule has 4 rings (SSSR count). The van der Waals surface area contributed by atoms with Crippen molar-refractivity contribution in [2.75, 3.05) is 19.4 Å². The highest BCUT2D eigenvalue weighted by Crippen LogP contribution is 2.28. The number of fused-ring (bicyclic) bond motifs is 1. The lowest BCUT2D eigenvalue weighted by Crippen LogP contribution is -2.24. The molecule has 8 nitrogen and oxygen atoms in total. The van der Waals surface area contributed by atoms with E-state index >= 15 is 0 Å². The molecular formula is C23H21N5O3. The molecule has 0 aliphatic rings. The Kier molecular flexibility index (Phi) is 5.58. The van der Waals surface area contributed by atoms with Gasteiger partial charge in [-0.3, -0.25) is 4.79 Å². The molecule has 0 radical (unpaired) electrons. The maximum atomic E-state index is 12.5. The Hall–Kier alpha value is -4.25. The Bertz CT molecular complexity index is 1270. The number of benzene rings is 2. The molecule has 0 saturated carbocycles. The fourth-order valence-electron chi connectivity index (χ4n) is 3.39. The predicted octanol–water partition coefficient (Wildman–Crippen LogP) is 3.44. The van der Waals surface area contributed by atoms with Crippen molar-refractivity contribution in [3.63, 3.8) is 0 Å². The summed E-state index contributed by atoms with van der Waals surface area (Å²) in [5.41, 5.74) is 8.41. The Morgan fingerprint density at radius 2 is 2.06 bits per heavy atom. The van der Waals surface area contributed by atoms with Crippen LogP contribution in [-0.4, -0.2) is 29.3 Å². The molecule has 31 heavy (non-hydrogen) atoms. The van der Waals surface area contributed by atoms with E-state index in [2.05, 4.69) is 16.5 Å². The van der Waals surface area contributed by atoms with Gasteiger partial charge in [0.1, 0.15) is 17.5 Å². The van der Waals surface area contributed by atoms with Gasteiger partial charge in [0.25, 0.3) is 5.91 Å². The zero-order valence-corrected chi connectivity index (χ0v) is 17.0. The molecule has 0 bridgehead atoms. The number of amides is 1. The number of nitrogens with one attached hydrogen (secondary N) is 1. The molecule has 2 heterocycles. The van der Waals surface area contributed by atoms with Crippen molar-refractivity contribution in [1.29, 1.82) is 5.26 Å².